The van der Waals surface area contributed by atoms with Crippen LogP contribution in [-0.2, 0) is 13.6 Å². The summed E-state index contributed by atoms with van der Waals surface area (Å²) in [5.41, 5.74) is 0. The Morgan fingerprint density at radius 2 is 1.33 bits per heavy atom. The summed E-state index contributed by atoms with van der Waals surface area (Å²) in [5, 5.41) is 37.6. The Morgan fingerprint density at radius 3 is 1.56 bits per heavy atom. The first-order valence-corrected chi connectivity index (χ1v) is 5.73. The van der Waals surface area contributed by atoms with E-state index in [1.54, 1.807) is 0 Å². The second kappa shape index (κ2) is 8.78. The molecular formula is C6H12N2O9P+. The first kappa shape index (κ1) is 16.7. The smallest absolute Gasteiger partial charge is 0.389 e. The standard InChI is InChI=1S/C6H12N2O9P/c9-1-5(7(11)12)3-16-18(15)17-4-6(2-10)8(13)14/h5-6,9-10H,1-4H2/q+1. The molecule has 11 nitrogen and oxygen atoms in total. The highest BCUT2D eigenvalue weighted by Crippen LogP contribution is 2.24. The number of nitrogens with zero attached hydrogens (tertiary/aromatic N) is 2. The van der Waals surface area contributed by atoms with Crippen LogP contribution in [0.5, 0.6) is 0 Å². The molecule has 0 aromatic heterocycles. The van der Waals surface area contributed by atoms with Gasteiger partial charge in [-0.1, -0.05) is 0 Å². The SMILES string of the molecule is O=[N+]([O-])C(CO)CO[P+](=O)OCC(CO)[N+](=O)[O-]. The van der Waals surface area contributed by atoms with Gasteiger partial charge >= 0.3 is 8.25 Å². The molecule has 0 aliphatic rings. The van der Waals surface area contributed by atoms with Gasteiger partial charge in [0.1, 0.15) is 13.2 Å². The Labute approximate surface area is 102 Å². The first-order chi connectivity index (χ1) is 8.42. The molecule has 0 aliphatic heterocycles. The summed E-state index contributed by atoms with van der Waals surface area (Å²) in [7, 11) is -2.79. The molecule has 0 aromatic rings. The van der Waals surface area contributed by atoms with Crippen molar-refractivity contribution in [1.82, 2.24) is 0 Å². The van der Waals surface area contributed by atoms with E-state index < -0.39 is 56.6 Å². The van der Waals surface area contributed by atoms with Crippen molar-refractivity contribution in [3.8, 4) is 0 Å². The lowest BCUT2D eigenvalue weighted by molar-refractivity contribution is -0.529. The van der Waals surface area contributed by atoms with Crippen LogP contribution < -0.4 is 0 Å². The summed E-state index contributed by atoms with van der Waals surface area (Å²) in [6.07, 6.45) is 0. The topological polar surface area (TPSA) is 162 Å². The third-order valence-electron chi connectivity index (χ3n) is 1.76. The Balaban J connectivity index is 3.97. The van der Waals surface area contributed by atoms with Crippen molar-refractivity contribution in [2.45, 2.75) is 12.1 Å². The average Bonchev–Trinajstić information content (AvgIpc) is 2.29. The molecule has 2 atom stereocenters. The third-order valence-corrected chi connectivity index (χ3v) is 2.48. The quantitative estimate of drug-likeness (QED) is 0.290. The first-order valence-electron chi connectivity index (χ1n) is 4.64. The van der Waals surface area contributed by atoms with Gasteiger partial charge in [0.15, 0.2) is 13.2 Å². The second-order valence-electron chi connectivity index (χ2n) is 3.06. The van der Waals surface area contributed by atoms with Crippen molar-refractivity contribution in [2.24, 2.45) is 0 Å². The molecule has 0 spiro atoms. The number of nitro groups is 2. The highest BCUT2D eigenvalue weighted by atomic mass is 31.1. The lowest BCUT2D eigenvalue weighted by Crippen LogP contribution is -2.29. The van der Waals surface area contributed by atoms with E-state index in [2.05, 4.69) is 9.05 Å². The van der Waals surface area contributed by atoms with Gasteiger partial charge in [0.25, 0.3) is 12.1 Å². The molecule has 2 N–H and O–H groups in total. The van der Waals surface area contributed by atoms with Crippen LogP contribution in [0.15, 0.2) is 0 Å². The minimum absolute atomic E-state index is 0.652. The molecule has 0 aromatic carbocycles. The van der Waals surface area contributed by atoms with Gasteiger partial charge in [0, 0.05) is 14.4 Å². The molecular weight excluding hydrogens is 275 g/mol. The maximum absolute atomic E-state index is 11.0. The number of hydrogen-bond donors (Lipinski definition) is 2. The zero-order chi connectivity index (χ0) is 14.1. The normalized spacial score (nSPS) is 14.9. The Hall–Kier alpha value is -1.26. The van der Waals surface area contributed by atoms with Crippen molar-refractivity contribution < 1.29 is 33.7 Å². The number of aliphatic hydroxyl groups is 2. The molecule has 0 fully saturated rings. The molecule has 0 heterocycles. The molecule has 0 rings (SSSR count). The zero-order valence-corrected chi connectivity index (χ0v) is 9.97. The van der Waals surface area contributed by atoms with E-state index in [1.165, 1.54) is 0 Å². The van der Waals surface area contributed by atoms with Gasteiger partial charge in [-0.2, -0.15) is 0 Å². The molecule has 0 saturated heterocycles. The molecule has 0 bridgehead atoms. The van der Waals surface area contributed by atoms with Gasteiger partial charge in [0.05, 0.1) is 0 Å². The minimum Gasteiger partial charge on any atom is -0.389 e. The predicted molar refractivity (Wildman–Crippen MR) is 55.2 cm³/mol. The lowest BCUT2D eigenvalue weighted by atomic mass is 10.4. The van der Waals surface area contributed by atoms with Crippen LogP contribution in [0.25, 0.3) is 0 Å². The summed E-state index contributed by atoms with van der Waals surface area (Å²) in [5.74, 6) is 0. The lowest BCUT2D eigenvalue weighted by Gasteiger charge is -2.02. The predicted octanol–water partition coefficient (Wildman–Crippen LogP) is -1.05. The zero-order valence-electron chi connectivity index (χ0n) is 9.08. The van der Waals surface area contributed by atoms with Crippen molar-refractivity contribution >= 4 is 8.25 Å². The highest BCUT2D eigenvalue weighted by Gasteiger charge is 2.32. The third kappa shape index (κ3) is 6.47. The molecule has 104 valence electrons. The summed E-state index contributed by atoms with van der Waals surface area (Å²) < 4.78 is 19.8. The van der Waals surface area contributed by atoms with Gasteiger partial charge in [-0.15, -0.1) is 9.05 Å². The minimum atomic E-state index is -2.79. The Kier molecular flexibility index (Phi) is 8.16. The summed E-state index contributed by atoms with van der Waals surface area (Å²) in [4.78, 5) is 18.9. The van der Waals surface area contributed by atoms with E-state index in [0.29, 0.717) is 0 Å². The van der Waals surface area contributed by atoms with Gasteiger partial charge in [0.2, 0.25) is 0 Å². The van der Waals surface area contributed by atoms with Gasteiger partial charge in [-0.25, -0.2) is 0 Å². The van der Waals surface area contributed by atoms with Gasteiger partial charge in [-0.3, -0.25) is 20.2 Å². The largest absolute Gasteiger partial charge is 0.697 e. The van der Waals surface area contributed by atoms with Crippen molar-refractivity contribution in [3.63, 3.8) is 0 Å². The van der Waals surface area contributed by atoms with Crippen LogP contribution in [0.3, 0.4) is 0 Å². The van der Waals surface area contributed by atoms with Crippen LogP contribution in [0.2, 0.25) is 0 Å². The van der Waals surface area contributed by atoms with E-state index in [9.17, 15) is 24.8 Å². The van der Waals surface area contributed by atoms with Crippen LogP contribution >= 0.6 is 8.25 Å². The highest BCUT2D eigenvalue weighted by molar-refractivity contribution is 7.33. The number of hydrogen-bond acceptors (Lipinski definition) is 9. The van der Waals surface area contributed by atoms with Crippen molar-refractivity contribution in [1.29, 1.82) is 0 Å². The second-order valence-corrected chi connectivity index (χ2v) is 4.02. The van der Waals surface area contributed by atoms with E-state index >= 15 is 0 Å². The monoisotopic (exact) mass is 287 g/mol. The van der Waals surface area contributed by atoms with E-state index in [-0.39, 0.29) is 0 Å². The molecule has 18 heavy (non-hydrogen) atoms. The number of rotatable bonds is 10. The van der Waals surface area contributed by atoms with Crippen molar-refractivity contribution in [2.75, 3.05) is 26.4 Å². The maximum atomic E-state index is 11.0. The fourth-order valence-corrected chi connectivity index (χ4v) is 1.35. The number of aliphatic hydroxyl groups excluding tert-OH is 2. The van der Waals surface area contributed by atoms with Crippen LogP contribution in [0.4, 0.5) is 0 Å². The molecule has 0 amide bonds. The Morgan fingerprint density at radius 1 is 1.00 bits per heavy atom. The molecule has 2 unspecified atom stereocenters. The fraction of sp³-hybridized carbons (Fsp3) is 1.00. The van der Waals surface area contributed by atoms with Crippen molar-refractivity contribution in [3.05, 3.63) is 20.2 Å². The van der Waals surface area contributed by atoms with Crippen LogP contribution in [-0.4, -0.2) is 58.6 Å². The Bertz CT molecular complexity index is 283. The van der Waals surface area contributed by atoms with Gasteiger partial charge in [-0.05, 0) is 0 Å². The van der Waals surface area contributed by atoms with Gasteiger partial charge < -0.3 is 10.2 Å². The summed E-state index contributed by atoms with van der Waals surface area (Å²) in [6, 6.07) is -2.89. The summed E-state index contributed by atoms with van der Waals surface area (Å²) in [6.45, 7) is -2.91. The van der Waals surface area contributed by atoms with E-state index in [0.717, 1.165) is 0 Å². The molecule has 0 radical (unpaired) electrons. The summed E-state index contributed by atoms with van der Waals surface area (Å²) >= 11 is 0. The molecule has 0 saturated carbocycles. The van der Waals surface area contributed by atoms with Crippen LogP contribution in [0.1, 0.15) is 0 Å². The van der Waals surface area contributed by atoms with Crippen LogP contribution in [0, 0.1) is 20.2 Å². The molecule has 12 heteroatoms. The van der Waals surface area contributed by atoms with E-state index in [4.69, 9.17) is 10.2 Å². The average molecular weight is 287 g/mol. The maximum Gasteiger partial charge on any atom is 0.697 e. The fourth-order valence-electron chi connectivity index (χ4n) is 0.692. The molecule has 0 aliphatic carbocycles. The van der Waals surface area contributed by atoms with E-state index in [1.807, 2.05) is 0 Å².